The molecule has 4 aliphatic rings. The summed E-state index contributed by atoms with van der Waals surface area (Å²) in [6.45, 7) is 4.52. The lowest BCUT2D eigenvalue weighted by atomic mass is 9.93. The molecule has 1 aromatic rings. The third kappa shape index (κ3) is 8.84. The number of rotatable bonds is 13. The van der Waals surface area contributed by atoms with Gasteiger partial charge in [0, 0.05) is 31.6 Å². The average Bonchev–Trinajstić information content (AvgIpc) is 3.72. The summed E-state index contributed by atoms with van der Waals surface area (Å²) in [6, 6.07) is 3.02. The Morgan fingerprint density at radius 3 is 2.44 bits per heavy atom. The maximum Gasteiger partial charge on any atom is 0.243 e. The Hall–Kier alpha value is -3.35. The SMILES string of the molecule is C[C@H](NC(=O)CN1CCOCC1)C(=O)N[C@@H](Cc1ccc2c(c1)CCC(=O)N2)C(=O)N[C@@H](CC1CCCC1)C(=O)[C@H]1CO1. The van der Waals surface area contributed by atoms with E-state index in [0.29, 0.717) is 58.1 Å². The van der Waals surface area contributed by atoms with Crippen LogP contribution in [0, 0.1) is 5.92 Å². The Morgan fingerprint density at radius 1 is 1.00 bits per heavy atom. The summed E-state index contributed by atoms with van der Waals surface area (Å²) < 4.78 is 10.6. The zero-order valence-corrected chi connectivity index (χ0v) is 24.8. The second-order valence-corrected chi connectivity index (χ2v) is 12.2. The topological polar surface area (TPSA) is 158 Å². The lowest BCUT2D eigenvalue weighted by Gasteiger charge is -2.27. The molecule has 0 radical (unpaired) electrons. The summed E-state index contributed by atoms with van der Waals surface area (Å²) in [6.07, 6.45) is 5.50. The predicted molar refractivity (Wildman–Crippen MR) is 157 cm³/mol. The number of nitrogens with one attached hydrogen (secondary N) is 4. The molecule has 12 nitrogen and oxygen atoms in total. The molecule has 3 aliphatic heterocycles. The number of anilines is 1. The molecule has 0 bridgehead atoms. The number of nitrogens with zero attached hydrogens (tertiary/aromatic N) is 1. The Balaban J connectivity index is 1.27. The second kappa shape index (κ2) is 14.4. The van der Waals surface area contributed by atoms with E-state index in [1.807, 2.05) is 23.1 Å². The van der Waals surface area contributed by atoms with E-state index in [1.165, 1.54) is 0 Å². The van der Waals surface area contributed by atoms with Crippen LogP contribution in [0.5, 0.6) is 0 Å². The number of epoxide rings is 1. The van der Waals surface area contributed by atoms with Gasteiger partial charge in [0.25, 0.3) is 0 Å². The van der Waals surface area contributed by atoms with E-state index in [2.05, 4.69) is 21.3 Å². The van der Waals surface area contributed by atoms with Crippen LogP contribution in [0.1, 0.15) is 56.6 Å². The van der Waals surface area contributed by atoms with Crippen molar-refractivity contribution in [3.05, 3.63) is 29.3 Å². The molecule has 1 aromatic carbocycles. The van der Waals surface area contributed by atoms with Gasteiger partial charge in [-0.05, 0) is 42.9 Å². The fourth-order valence-electron chi connectivity index (χ4n) is 6.16. The van der Waals surface area contributed by atoms with Crippen LogP contribution >= 0.6 is 0 Å². The van der Waals surface area contributed by atoms with E-state index in [1.54, 1.807) is 6.92 Å². The van der Waals surface area contributed by atoms with Gasteiger partial charge >= 0.3 is 0 Å². The largest absolute Gasteiger partial charge is 0.379 e. The molecule has 1 aliphatic carbocycles. The number of ketones is 1. The molecule has 3 fully saturated rings. The highest BCUT2D eigenvalue weighted by atomic mass is 16.6. The smallest absolute Gasteiger partial charge is 0.243 e. The quantitative estimate of drug-likeness (QED) is 0.239. The van der Waals surface area contributed by atoms with Gasteiger partial charge < -0.3 is 30.7 Å². The highest BCUT2D eigenvalue weighted by molar-refractivity contribution is 5.97. The summed E-state index contributed by atoms with van der Waals surface area (Å²) in [5, 5.41) is 11.4. The molecule has 12 heteroatoms. The Labute approximate surface area is 252 Å². The Morgan fingerprint density at radius 2 is 1.72 bits per heavy atom. The van der Waals surface area contributed by atoms with Crippen LogP contribution < -0.4 is 21.3 Å². The predicted octanol–water partition coefficient (Wildman–Crippen LogP) is 0.469. The minimum Gasteiger partial charge on any atom is -0.379 e. The third-order valence-electron chi connectivity index (χ3n) is 8.73. The molecule has 5 rings (SSSR count). The van der Waals surface area contributed by atoms with E-state index >= 15 is 0 Å². The monoisotopic (exact) mass is 597 g/mol. The van der Waals surface area contributed by atoms with E-state index in [4.69, 9.17) is 9.47 Å². The highest BCUT2D eigenvalue weighted by Gasteiger charge is 2.39. The van der Waals surface area contributed by atoms with Crippen LogP contribution in [0.3, 0.4) is 0 Å². The summed E-state index contributed by atoms with van der Waals surface area (Å²) >= 11 is 0. The van der Waals surface area contributed by atoms with Crippen LogP contribution in [0.4, 0.5) is 5.69 Å². The molecular weight excluding hydrogens is 554 g/mol. The first kappa shape index (κ1) is 31.1. The van der Waals surface area contributed by atoms with Crippen molar-refractivity contribution in [2.45, 2.75) is 82.5 Å². The van der Waals surface area contributed by atoms with Gasteiger partial charge in [0.05, 0.1) is 32.4 Å². The van der Waals surface area contributed by atoms with Gasteiger partial charge in [-0.2, -0.15) is 0 Å². The lowest BCUT2D eigenvalue weighted by molar-refractivity contribution is -0.133. The van der Waals surface area contributed by atoms with Gasteiger partial charge in [-0.1, -0.05) is 37.8 Å². The van der Waals surface area contributed by atoms with Crippen molar-refractivity contribution in [2.75, 3.05) is 44.8 Å². The standard InChI is InChI=1S/C31H43N5O7/c1-19(32-28(38)17-36-10-12-42-13-11-36)30(40)35-25(16-21-6-8-23-22(14-21)7-9-27(37)33-23)31(41)34-24(29(39)26-18-43-26)15-20-4-2-3-5-20/h6,8,14,19-20,24-26H,2-5,7,9-13,15-18H2,1H3,(H,32,38)(H,33,37)(H,34,41)(H,35,40)/t19-,24-,25-,26+/m0/s1. The molecule has 4 amide bonds. The van der Waals surface area contributed by atoms with Gasteiger partial charge in [0.15, 0.2) is 5.78 Å². The first-order valence-electron chi connectivity index (χ1n) is 15.5. The number of Topliss-reactive ketones (excluding diaryl/α,β-unsaturated/α-hetero) is 1. The van der Waals surface area contributed by atoms with Crippen molar-refractivity contribution in [3.63, 3.8) is 0 Å². The molecule has 1 saturated carbocycles. The van der Waals surface area contributed by atoms with E-state index in [-0.39, 0.29) is 30.6 Å². The number of hydrogen-bond donors (Lipinski definition) is 4. The van der Waals surface area contributed by atoms with E-state index < -0.39 is 36.0 Å². The van der Waals surface area contributed by atoms with Gasteiger partial charge in [0.1, 0.15) is 18.2 Å². The number of ether oxygens (including phenoxy) is 2. The Kier molecular flexibility index (Phi) is 10.4. The summed E-state index contributed by atoms with van der Waals surface area (Å²) in [4.78, 5) is 66.5. The number of carbonyl (C=O) groups is 5. The van der Waals surface area contributed by atoms with E-state index in [0.717, 1.165) is 42.5 Å². The number of carbonyl (C=O) groups excluding carboxylic acids is 5. The van der Waals surface area contributed by atoms with Crippen molar-refractivity contribution < 1.29 is 33.4 Å². The summed E-state index contributed by atoms with van der Waals surface area (Å²) in [7, 11) is 0. The zero-order valence-electron chi connectivity index (χ0n) is 24.8. The molecule has 234 valence electrons. The maximum absolute atomic E-state index is 13.8. The minimum absolute atomic E-state index is 0.0352. The molecule has 2 saturated heterocycles. The number of fused-ring (bicyclic) bond motifs is 1. The molecule has 3 heterocycles. The first-order chi connectivity index (χ1) is 20.7. The maximum atomic E-state index is 13.8. The number of hydrogen-bond acceptors (Lipinski definition) is 8. The van der Waals surface area contributed by atoms with Gasteiger partial charge in [-0.25, -0.2) is 0 Å². The molecular formula is C31H43N5O7. The highest BCUT2D eigenvalue weighted by Crippen LogP contribution is 2.30. The second-order valence-electron chi connectivity index (χ2n) is 12.2. The molecule has 43 heavy (non-hydrogen) atoms. The fourth-order valence-corrected chi connectivity index (χ4v) is 6.16. The van der Waals surface area contributed by atoms with Gasteiger partial charge in [0.2, 0.25) is 23.6 Å². The van der Waals surface area contributed by atoms with Crippen molar-refractivity contribution in [2.24, 2.45) is 5.92 Å². The zero-order chi connectivity index (χ0) is 30.3. The fraction of sp³-hybridized carbons (Fsp3) is 0.645. The summed E-state index contributed by atoms with van der Waals surface area (Å²) in [5.74, 6) is -1.04. The van der Waals surface area contributed by atoms with Crippen LogP contribution in [0.15, 0.2) is 18.2 Å². The molecule has 4 N–H and O–H groups in total. The van der Waals surface area contributed by atoms with Crippen LogP contribution in [-0.4, -0.2) is 98.0 Å². The number of amides is 4. The van der Waals surface area contributed by atoms with Crippen LogP contribution in [0.2, 0.25) is 0 Å². The number of aryl methyl sites for hydroxylation is 1. The lowest BCUT2D eigenvalue weighted by Crippen LogP contribution is -2.57. The molecule has 0 aromatic heterocycles. The first-order valence-corrected chi connectivity index (χ1v) is 15.5. The average molecular weight is 598 g/mol. The normalized spacial score (nSPS) is 22.4. The van der Waals surface area contributed by atoms with Crippen molar-refractivity contribution >= 4 is 35.1 Å². The van der Waals surface area contributed by atoms with Crippen molar-refractivity contribution in [1.82, 2.24) is 20.9 Å². The van der Waals surface area contributed by atoms with E-state index in [9.17, 15) is 24.0 Å². The van der Waals surface area contributed by atoms with Gasteiger partial charge in [-0.15, -0.1) is 0 Å². The van der Waals surface area contributed by atoms with Crippen molar-refractivity contribution in [3.8, 4) is 0 Å². The Bertz CT molecular complexity index is 1210. The van der Waals surface area contributed by atoms with Crippen molar-refractivity contribution in [1.29, 1.82) is 0 Å². The van der Waals surface area contributed by atoms with Crippen LogP contribution in [-0.2, 0) is 46.3 Å². The molecule has 0 spiro atoms. The summed E-state index contributed by atoms with van der Waals surface area (Å²) in [5.41, 5.74) is 2.52. The third-order valence-corrected chi connectivity index (χ3v) is 8.73. The van der Waals surface area contributed by atoms with Gasteiger partial charge in [-0.3, -0.25) is 28.9 Å². The minimum atomic E-state index is -0.985. The number of morpholine rings is 1. The molecule has 0 unspecified atom stereocenters. The number of benzene rings is 1. The molecule has 4 atom stereocenters. The van der Waals surface area contributed by atoms with Crippen LogP contribution in [0.25, 0.3) is 0 Å².